The summed E-state index contributed by atoms with van der Waals surface area (Å²) in [7, 11) is 0. The number of rotatable bonds is 4. The summed E-state index contributed by atoms with van der Waals surface area (Å²) in [6, 6.07) is 17.6. The van der Waals surface area contributed by atoms with Gasteiger partial charge in [-0.3, -0.25) is 0 Å². The first-order chi connectivity index (χ1) is 9.42. The highest BCUT2D eigenvalue weighted by Crippen LogP contribution is 2.45. The lowest BCUT2D eigenvalue weighted by Crippen LogP contribution is -1.91. The topological polar surface area (TPSA) is 0 Å². The van der Waals surface area contributed by atoms with Gasteiger partial charge in [0.25, 0.3) is 0 Å². The summed E-state index contributed by atoms with van der Waals surface area (Å²) in [4.78, 5) is 0. The largest absolute Gasteiger partial charge is 0.0876 e. The van der Waals surface area contributed by atoms with Crippen molar-refractivity contribution >= 4 is 0 Å². The molecule has 0 unspecified atom stereocenters. The molecule has 0 fully saturated rings. The van der Waals surface area contributed by atoms with Crippen LogP contribution in [0.25, 0.3) is 11.1 Å². The molecule has 2 aromatic carbocycles. The van der Waals surface area contributed by atoms with Crippen molar-refractivity contribution in [2.75, 3.05) is 0 Å². The molecule has 0 heterocycles. The Kier molecular flexibility index (Phi) is 3.50. The standard InChI is InChI=1S/C19H20/c1-2-3-4-5-10-15-16-11-6-8-13-18(16)19-14-9-7-12-17(15)19/h5-15H,2-4H2,1H3. The molecule has 0 saturated carbocycles. The Bertz CT molecular complexity index is 547. The average Bonchev–Trinajstić information content (AvgIpc) is 2.78. The van der Waals surface area contributed by atoms with Gasteiger partial charge in [0.1, 0.15) is 0 Å². The van der Waals surface area contributed by atoms with Crippen LogP contribution in [0.5, 0.6) is 0 Å². The van der Waals surface area contributed by atoms with Crippen LogP contribution in [0.4, 0.5) is 0 Å². The molecular formula is C19H20. The zero-order valence-corrected chi connectivity index (χ0v) is 11.5. The Labute approximate surface area is 115 Å². The van der Waals surface area contributed by atoms with Crippen LogP contribution in [0.15, 0.2) is 60.7 Å². The van der Waals surface area contributed by atoms with Crippen molar-refractivity contribution in [3.05, 3.63) is 71.8 Å². The van der Waals surface area contributed by atoms with Gasteiger partial charge in [0, 0.05) is 5.92 Å². The number of allylic oxidation sites excluding steroid dienone is 2. The van der Waals surface area contributed by atoms with Crippen LogP contribution in [-0.2, 0) is 0 Å². The molecule has 0 amide bonds. The lowest BCUT2D eigenvalue weighted by Gasteiger charge is -2.07. The van der Waals surface area contributed by atoms with E-state index in [1.54, 1.807) is 0 Å². The number of unbranched alkanes of at least 4 members (excludes halogenated alkanes) is 2. The van der Waals surface area contributed by atoms with Gasteiger partial charge in [-0.1, -0.05) is 80.4 Å². The fourth-order valence-corrected chi connectivity index (χ4v) is 2.96. The Balaban J connectivity index is 1.98. The van der Waals surface area contributed by atoms with E-state index in [2.05, 4.69) is 67.6 Å². The minimum Gasteiger partial charge on any atom is -0.0876 e. The van der Waals surface area contributed by atoms with Crippen LogP contribution in [0, 0.1) is 0 Å². The van der Waals surface area contributed by atoms with Gasteiger partial charge in [-0.2, -0.15) is 0 Å². The quantitative estimate of drug-likeness (QED) is 0.492. The van der Waals surface area contributed by atoms with Crippen LogP contribution < -0.4 is 0 Å². The van der Waals surface area contributed by atoms with E-state index >= 15 is 0 Å². The SMILES string of the molecule is CCCCC=CC1c2ccccc2-c2ccccc21. The molecule has 0 saturated heterocycles. The Morgan fingerprint density at radius 2 is 1.47 bits per heavy atom. The van der Waals surface area contributed by atoms with Gasteiger partial charge in [0.05, 0.1) is 0 Å². The van der Waals surface area contributed by atoms with E-state index in [0.29, 0.717) is 5.92 Å². The van der Waals surface area contributed by atoms with Gasteiger partial charge in [-0.05, 0) is 28.7 Å². The summed E-state index contributed by atoms with van der Waals surface area (Å²) in [5, 5.41) is 0. The van der Waals surface area contributed by atoms with Crippen LogP contribution in [-0.4, -0.2) is 0 Å². The minimum absolute atomic E-state index is 0.448. The first-order valence-corrected chi connectivity index (χ1v) is 7.26. The molecule has 0 spiro atoms. The van der Waals surface area contributed by atoms with Gasteiger partial charge in [-0.15, -0.1) is 0 Å². The molecule has 1 aliphatic rings. The van der Waals surface area contributed by atoms with Crippen molar-refractivity contribution in [3.63, 3.8) is 0 Å². The molecule has 0 aliphatic heterocycles. The number of hydrogen-bond acceptors (Lipinski definition) is 0. The summed E-state index contributed by atoms with van der Waals surface area (Å²) >= 11 is 0. The van der Waals surface area contributed by atoms with E-state index in [9.17, 15) is 0 Å². The van der Waals surface area contributed by atoms with E-state index in [0.717, 1.165) is 0 Å². The second kappa shape index (κ2) is 5.44. The highest BCUT2D eigenvalue weighted by atomic mass is 14.3. The number of fused-ring (bicyclic) bond motifs is 3. The molecular weight excluding hydrogens is 228 g/mol. The molecule has 0 radical (unpaired) electrons. The van der Waals surface area contributed by atoms with Crippen molar-refractivity contribution in [2.24, 2.45) is 0 Å². The maximum Gasteiger partial charge on any atom is 0.0281 e. The smallest absolute Gasteiger partial charge is 0.0281 e. The molecule has 2 aromatic rings. The second-order valence-electron chi connectivity index (χ2n) is 5.22. The Morgan fingerprint density at radius 3 is 2.05 bits per heavy atom. The first-order valence-electron chi connectivity index (χ1n) is 7.26. The number of benzene rings is 2. The van der Waals surface area contributed by atoms with Gasteiger partial charge in [0.2, 0.25) is 0 Å². The van der Waals surface area contributed by atoms with Gasteiger partial charge < -0.3 is 0 Å². The fraction of sp³-hybridized carbons (Fsp3) is 0.263. The Hall–Kier alpha value is -1.82. The molecule has 0 bridgehead atoms. The summed E-state index contributed by atoms with van der Waals surface area (Å²) in [5.74, 6) is 0.448. The van der Waals surface area contributed by atoms with Crippen molar-refractivity contribution in [3.8, 4) is 11.1 Å². The van der Waals surface area contributed by atoms with E-state index in [-0.39, 0.29) is 0 Å². The lowest BCUT2D eigenvalue weighted by molar-refractivity contribution is 0.811. The van der Waals surface area contributed by atoms with Gasteiger partial charge in [-0.25, -0.2) is 0 Å². The van der Waals surface area contributed by atoms with E-state index in [4.69, 9.17) is 0 Å². The normalized spacial score (nSPS) is 13.7. The maximum atomic E-state index is 2.39. The monoisotopic (exact) mass is 248 g/mol. The third-order valence-corrected chi connectivity index (χ3v) is 3.93. The minimum atomic E-state index is 0.448. The van der Waals surface area contributed by atoms with Crippen molar-refractivity contribution in [1.29, 1.82) is 0 Å². The molecule has 0 heteroatoms. The molecule has 0 atom stereocenters. The lowest BCUT2D eigenvalue weighted by atomic mass is 9.96. The van der Waals surface area contributed by atoms with Crippen molar-refractivity contribution in [1.82, 2.24) is 0 Å². The average molecular weight is 248 g/mol. The summed E-state index contributed by atoms with van der Waals surface area (Å²) in [6.07, 6.45) is 8.49. The van der Waals surface area contributed by atoms with Crippen LogP contribution >= 0.6 is 0 Å². The molecule has 96 valence electrons. The predicted octanol–water partition coefficient (Wildman–Crippen LogP) is 5.55. The molecule has 3 rings (SSSR count). The molecule has 0 aromatic heterocycles. The van der Waals surface area contributed by atoms with E-state index in [1.807, 2.05) is 0 Å². The van der Waals surface area contributed by atoms with E-state index < -0.39 is 0 Å². The third-order valence-electron chi connectivity index (χ3n) is 3.93. The van der Waals surface area contributed by atoms with Gasteiger partial charge in [0.15, 0.2) is 0 Å². The molecule has 1 aliphatic carbocycles. The Morgan fingerprint density at radius 1 is 0.895 bits per heavy atom. The molecule has 19 heavy (non-hydrogen) atoms. The molecule has 0 nitrogen and oxygen atoms in total. The summed E-state index contributed by atoms with van der Waals surface area (Å²) in [6.45, 7) is 2.24. The maximum absolute atomic E-state index is 2.39. The fourth-order valence-electron chi connectivity index (χ4n) is 2.96. The second-order valence-corrected chi connectivity index (χ2v) is 5.22. The van der Waals surface area contributed by atoms with Crippen LogP contribution in [0.2, 0.25) is 0 Å². The molecule has 0 N–H and O–H groups in total. The van der Waals surface area contributed by atoms with Crippen molar-refractivity contribution < 1.29 is 0 Å². The zero-order valence-electron chi connectivity index (χ0n) is 11.5. The highest BCUT2D eigenvalue weighted by molar-refractivity contribution is 5.79. The first kappa shape index (κ1) is 12.2. The summed E-state index contributed by atoms with van der Waals surface area (Å²) < 4.78 is 0. The highest BCUT2D eigenvalue weighted by Gasteiger charge is 2.25. The van der Waals surface area contributed by atoms with Crippen molar-refractivity contribution in [2.45, 2.75) is 32.1 Å². The third kappa shape index (κ3) is 2.23. The number of hydrogen-bond donors (Lipinski definition) is 0. The van der Waals surface area contributed by atoms with E-state index in [1.165, 1.54) is 41.5 Å². The van der Waals surface area contributed by atoms with Crippen LogP contribution in [0.3, 0.4) is 0 Å². The van der Waals surface area contributed by atoms with Crippen LogP contribution in [0.1, 0.15) is 43.2 Å². The zero-order chi connectivity index (χ0) is 13.1. The summed E-state index contributed by atoms with van der Waals surface area (Å²) in [5.41, 5.74) is 5.72. The van der Waals surface area contributed by atoms with Gasteiger partial charge >= 0.3 is 0 Å². The predicted molar refractivity (Wildman–Crippen MR) is 82.4 cm³/mol.